The van der Waals surface area contributed by atoms with Gasteiger partial charge in [-0.25, -0.2) is 13.5 Å². The van der Waals surface area contributed by atoms with Gasteiger partial charge >= 0.3 is 0 Å². The average molecular weight is 392 g/mol. The molecule has 1 aromatic carbocycles. The summed E-state index contributed by atoms with van der Waals surface area (Å²) in [5, 5.41) is 8.56. The summed E-state index contributed by atoms with van der Waals surface area (Å²) in [6.07, 6.45) is 0.535. The molecule has 9 nitrogen and oxygen atoms in total. The van der Waals surface area contributed by atoms with E-state index >= 15 is 0 Å². The fourth-order valence-electron chi connectivity index (χ4n) is 2.65. The second-order valence-corrected chi connectivity index (χ2v) is 7.91. The average Bonchev–Trinajstić information content (AvgIpc) is 2.69. The molecule has 1 amide bonds. The van der Waals surface area contributed by atoms with E-state index in [0.717, 1.165) is 5.56 Å². The Hall–Kier alpha value is -2.56. The maximum atomic E-state index is 12.6. The van der Waals surface area contributed by atoms with Crippen LogP contribution >= 0.6 is 0 Å². The number of aromatic amines is 1. The van der Waals surface area contributed by atoms with Gasteiger partial charge in [0.1, 0.15) is 5.69 Å². The number of carbonyl (C=O) groups excluding carboxylic acids is 1. The summed E-state index contributed by atoms with van der Waals surface area (Å²) in [7, 11) is -3.51. The first-order valence-electron chi connectivity index (χ1n) is 8.47. The molecule has 0 unspecified atom stereocenters. The Morgan fingerprint density at radius 3 is 2.48 bits per heavy atom. The highest BCUT2D eigenvalue weighted by Crippen LogP contribution is 2.17. The molecule has 0 radical (unpaired) electrons. The highest BCUT2D eigenvalue weighted by Gasteiger charge is 2.26. The summed E-state index contributed by atoms with van der Waals surface area (Å²) in [6.45, 7) is 1.88. The molecular weight excluding hydrogens is 372 g/mol. The van der Waals surface area contributed by atoms with Crippen molar-refractivity contribution in [2.45, 2.75) is 11.3 Å². The van der Waals surface area contributed by atoms with Crippen LogP contribution in [0.4, 0.5) is 0 Å². The van der Waals surface area contributed by atoms with Crippen LogP contribution in [0.3, 0.4) is 0 Å². The van der Waals surface area contributed by atoms with Crippen molar-refractivity contribution in [2.75, 3.05) is 32.8 Å². The van der Waals surface area contributed by atoms with Crippen molar-refractivity contribution in [3.8, 4) is 0 Å². The summed E-state index contributed by atoms with van der Waals surface area (Å²) in [4.78, 5) is 23.1. The number of hydrogen-bond acceptors (Lipinski definition) is 6. The lowest BCUT2D eigenvalue weighted by Gasteiger charge is -2.26. The first-order valence-corrected chi connectivity index (χ1v) is 9.91. The van der Waals surface area contributed by atoms with Crippen LogP contribution in [0.5, 0.6) is 0 Å². The number of carbonyl (C=O) groups is 1. The molecule has 1 saturated heterocycles. The highest BCUT2D eigenvalue weighted by atomic mass is 32.2. The van der Waals surface area contributed by atoms with Gasteiger partial charge in [0.25, 0.3) is 11.5 Å². The topological polar surface area (TPSA) is 121 Å². The quantitative estimate of drug-likeness (QED) is 0.700. The molecule has 3 rings (SSSR count). The summed E-state index contributed by atoms with van der Waals surface area (Å²) in [6, 6.07) is 9.20. The number of amides is 1. The Morgan fingerprint density at radius 2 is 1.85 bits per heavy atom. The van der Waals surface area contributed by atoms with Gasteiger partial charge in [0.05, 0.1) is 18.1 Å². The second kappa shape index (κ2) is 8.42. The number of aromatic nitrogens is 2. The summed E-state index contributed by atoms with van der Waals surface area (Å²) in [5.41, 5.74) is 0.644. The normalized spacial score (nSPS) is 15.4. The number of sulfonamides is 1. The Labute approximate surface area is 156 Å². The molecule has 1 fully saturated rings. The SMILES string of the molecule is O=C(NCCc1ccc(S(=O)(=O)N2CCOCC2)cc1)c1ccc(=O)[nH]n1. The van der Waals surface area contributed by atoms with E-state index in [9.17, 15) is 18.0 Å². The summed E-state index contributed by atoms with van der Waals surface area (Å²) < 4.78 is 31.7. The third-order valence-electron chi connectivity index (χ3n) is 4.14. The minimum Gasteiger partial charge on any atom is -0.379 e. The lowest BCUT2D eigenvalue weighted by Crippen LogP contribution is -2.40. The number of rotatable bonds is 6. The first kappa shape index (κ1) is 19.2. The monoisotopic (exact) mass is 392 g/mol. The van der Waals surface area contributed by atoms with Crippen molar-refractivity contribution in [3.05, 3.63) is 58.0 Å². The number of benzene rings is 1. The van der Waals surface area contributed by atoms with Crippen molar-refractivity contribution in [1.29, 1.82) is 0 Å². The van der Waals surface area contributed by atoms with E-state index in [0.29, 0.717) is 39.3 Å². The van der Waals surface area contributed by atoms with Crippen molar-refractivity contribution >= 4 is 15.9 Å². The van der Waals surface area contributed by atoms with E-state index in [1.165, 1.54) is 16.4 Å². The molecule has 1 aliphatic rings. The molecule has 144 valence electrons. The van der Waals surface area contributed by atoms with Crippen molar-refractivity contribution in [1.82, 2.24) is 19.8 Å². The Bertz CT molecular complexity index is 930. The minimum atomic E-state index is -3.51. The Morgan fingerprint density at radius 1 is 1.15 bits per heavy atom. The number of nitrogens with zero attached hydrogens (tertiary/aromatic N) is 2. The molecule has 1 aromatic heterocycles. The van der Waals surface area contributed by atoms with Crippen LogP contribution in [0.2, 0.25) is 0 Å². The number of ether oxygens (including phenoxy) is 1. The van der Waals surface area contributed by atoms with E-state index in [1.807, 2.05) is 0 Å². The maximum Gasteiger partial charge on any atom is 0.271 e. The fraction of sp³-hybridized carbons (Fsp3) is 0.353. The van der Waals surface area contributed by atoms with Gasteiger partial charge < -0.3 is 10.1 Å². The Balaban J connectivity index is 1.55. The smallest absolute Gasteiger partial charge is 0.271 e. The maximum absolute atomic E-state index is 12.6. The fourth-order valence-corrected chi connectivity index (χ4v) is 4.05. The van der Waals surface area contributed by atoms with Gasteiger partial charge in [0, 0.05) is 25.7 Å². The summed E-state index contributed by atoms with van der Waals surface area (Å²) >= 11 is 0. The molecule has 2 N–H and O–H groups in total. The van der Waals surface area contributed by atoms with Gasteiger partial charge in [-0.3, -0.25) is 9.59 Å². The van der Waals surface area contributed by atoms with Crippen LogP contribution in [0.25, 0.3) is 0 Å². The first-order chi connectivity index (χ1) is 13.0. The van der Waals surface area contributed by atoms with Gasteiger partial charge in [0.2, 0.25) is 10.0 Å². The van der Waals surface area contributed by atoms with Crippen molar-refractivity contribution in [2.24, 2.45) is 0 Å². The molecule has 0 spiro atoms. The van der Waals surface area contributed by atoms with E-state index in [4.69, 9.17) is 4.74 Å². The molecule has 2 heterocycles. The van der Waals surface area contributed by atoms with Gasteiger partial charge in [0.15, 0.2) is 0 Å². The molecule has 2 aromatic rings. The van der Waals surface area contributed by atoms with Crippen molar-refractivity contribution < 1.29 is 17.9 Å². The van der Waals surface area contributed by atoms with E-state index in [-0.39, 0.29) is 16.1 Å². The number of hydrogen-bond donors (Lipinski definition) is 2. The third kappa shape index (κ3) is 4.79. The van der Waals surface area contributed by atoms with E-state index in [2.05, 4.69) is 15.5 Å². The third-order valence-corrected chi connectivity index (χ3v) is 6.06. The number of H-pyrrole nitrogens is 1. The molecule has 0 atom stereocenters. The molecule has 0 saturated carbocycles. The molecule has 1 aliphatic heterocycles. The van der Waals surface area contributed by atoms with Crippen LogP contribution in [-0.4, -0.2) is 61.7 Å². The predicted octanol–water partition coefficient (Wildman–Crippen LogP) is -0.237. The van der Waals surface area contributed by atoms with Crippen LogP contribution < -0.4 is 10.9 Å². The molecular formula is C17H20N4O5S. The van der Waals surface area contributed by atoms with Crippen molar-refractivity contribution in [3.63, 3.8) is 0 Å². The number of morpholine rings is 1. The van der Waals surface area contributed by atoms with E-state index in [1.54, 1.807) is 24.3 Å². The summed E-state index contributed by atoms with van der Waals surface area (Å²) in [5.74, 6) is -0.391. The van der Waals surface area contributed by atoms with Crippen LogP contribution in [0, 0.1) is 0 Å². The highest BCUT2D eigenvalue weighted by molar-refractivity contribution is 7.89. The zero-order chi connectivity index (χ0) is 19.3. The van der Waals surface area contributed by atoms with Crippen LogP contribution in [0.1, 0.15) is 16.1 Å². The molecule has 27 heavy (non-hydrogen) atoms. The second-order valence-electron chi connectivity index (χ2n) is 5.97. The largest absolute Gasteiger partial charge is 0.379 e. The predicted molar refractivity (Wildman–Crippen MR) is 96.9 cm³/mol. The zero-order valence-corrected chi connectivity index (χ0v) is 15.4. The molecule has 0 bridgehead atoms. The number of nitrogens with one attached hydrogen (secondary N) is 2. The van der Waals surface area contributed by atoms with Gasteiger partial charge in [-0.2, -0.15) is 9.40 Å². The van der Waals surface area contributed by atoms with Gasteiger partial charge in [-0.05, 0) is 30.2 Å². The Kier molecular flexibility index (Phi) is 5.99. The minimum absolute atomic E-state index is 0.126. The molecule has 10 heteroatoms. The van der Waals surface area contributed by atoms with Gasteiger partial charge in [-0.15, -0.1) is 0 Å². The standard InChI is InChI=1S/C17H20N4O5S/c22-16-6-5-15(19-20-16)17(23)18-8-7-13-1-3-14(4-2-13)27(24,25)21-9-11-26-12-10-21/h1-6H,7-12H2,(H,18,23)(H,20,22). The molecule has 0 aliphatic carbocycles. The lowest BCUT2D eigenvalue weighted by atomic mass is 10.1. The van der Waals surface area contributed by atoms with Crippen LogP contribution in [-0.2, 0) is 21.2 Å². The van der Waals surface area contributed by atoms with E-state index < -0.39 is 15.9 Å². The lowest BCUT2D eigenvalue weighted by molar-refractivity contribution is 0.0730. The van der Waals surface area contributed by atoms with Crippen LogP contribution in [0.15, 0.2) is 46.1 Å². The zero-order valence-electron chi connectivity index (χ0n) is 14.6. The van der Waals surface area contributed by atoms with Gasteiger partial charge in [-0.1, -0.05) is 12.1 Å².